The molecule has 7 heteroatoms. The lowest BCUT2D eigenvalue weighted by Crippen LogP contribution is -2.48. The quantitative estimate of drug-likeness (QED) is 0.375. The van der Waals surface area contributed by atoms with Gasteiger partial charge in [-0.15, -0.1) is 0 Å². The summed E-state index contributed by atoms with van der Waals surface area (Å²) in [6.45, 7) is 4.40. The number of rotatable bonds is 5. The molecule has 2 rings (SSSR count). The number of benzene rings is 1. The van der Waals surface area contributed by atoms with Crippen molar-refractivity contribution in [3.8, 4) is 0 Å². The highest BCUT2D eigenvalue weighted by Crippen LogP contribution is 2.29. The van der Waals surface area contributed by atoms with Crippen molar-refractivity contribution in [2.45, 2.75) is 26.7 Å². The van der Waals surface area contributed by atoms with Crippen LogP contribution in [0.4, 0.5) is 10.5 Å². The highest BCUT2D eigenvalue weighted by molar-refractivity contribution is 6.00. The fraction of sp³-hybridized carbons (Fsp3) is 0.467. The Kier molecular flexibility index (Phi) is 4.99. The number of nitrogens with zero attached hydrogens (tertiary/aromatic N) is 3. The van der Waals surface area contributed by atoms with Crippen LogP contribution < -0.4 is 16.7 Å². The molecule has 7 nitrogen and oxygen atoms in total. The Morgan fingerprint density at radius 1 is 1.41 bits per heavy atom. The SMILES string of the molecule is C/C(=N\OCC1CC1)c1ccc(C)c(N(N)C(=O)N(C)N)c1. The zero-order valence-corrected chi connectivity index (χ0v) is 13.2. The van der Waals surface area contributed by atoms with Crippen LogP contribution in [-0.4, -0.2) is 30.4 Å². The molecule has 1 aliphatic rings. The van der Waals surface area contributed by atoms with Crippen LogP contribution >= 0.6 is 0 Å². The molecule has 0 aliphatic heterocycles. The topological polar surface area (TPSA) is 97.2 Å². The average Bonchev–Trinajstić information content (AvgIpc) is 3.30. The van der Waals surface area contributed by atoms with Crippen LogP contribution in [0.5, 0.6) is 0 Å². The fourth-order valence-corrected chi connectivity index (χ4v) is 1.94. The molecule has 0 heterocycles. The van der Waals surface area contributed by atoms with E-state index >= 15 is 0 Å². The maximum atomic E-state index is 11.9. The first-order valence-electron chi connectivity index (χ1n) is 7.25. The van der Waals surface area contributed by atoms with Gasteiger partial charge in [0.05, 0.1) is 11.4 Å². The maximum Gasteiger partial charge on any atom is 0.352 e. The van der Waals surface area contributed by atoms with Crippen LogP contribution in [-0.2, 0) is 4.84 Å². The van der Waals surface area contributed by atoms with Crippen molar-refractivity contribution in [1.82, 2.24) is 5.01 Å². The van der Waals surface area contributed by atoms with E-state index in [1.54, 1.807) is 6.07 Å². The van der Waals surface area contributed by atoms with Gasteiger partial charge in [0.2, 0.25) is 0 Å². The van der Waals surface area contributed by atoms with E-state index in [0.29, 0.717) is 18.2 Å². The zero-order chi connectivity index (χ0) is 16.3. The third-order valence-corrected chi connectivity index (χ3v) is 3.60. The predicted octanol–water partition coefficient (Wildman–Crippen LogP) is 1.75. The normalized spacial score (nSPS) is 14.7. The molecule has 1 aromatic carbocycles. The first-order valence-corrected chi connectivity index (χ1v) is 7.25. The first-order chi connectivity index (χ1) is 10.4. The smallest absolute Gasteiger partial charge is 0.352 e. The molecule has 4 N–H and O–H groups in total. The van der Waals surface area contributed by atoms with Gasteiger partial charge in [0.25, 0.3) is 0 Å². The molecule has 0 saturated heterocycles. The molecule has 0 unspecified atom stereocenters. The van der Waals surface area contributed by atoms with Gasteiger partial charge < -0.3 is 4.84 Å². The molecule has 1 fully saturated rings. The number of nitrogens with two attached hydrogens (primary N) is 2. The highest BCUT2D eigenvalue weighted by Gasteiger charge is 2.22. The minimum absolute atomic E-state index is 0.500. The summed E-state index contributed by atoms with van der Waals surface area (Å²) in [6.07, 6.45) is 2.44. The Morgan fingerprint density at radius 2 is 2.09 bits per heavy atom. The van der Waals surface area contributed by atoms with Crippen molar-refractivity contribution in [3.63, 3.8) is 0 Å². The van der Waals surface area contributed by atoms with Crippen LogP contribution in [0.15, 0.2) is 23.4 Å². The Labute approximate surface area is 130 Å². The van der Waals surface area contributed by atoms with E-state index in [0.717, 1.165) is 26.9 Å². The van der Waals surface area contributed by atoms with Crippen LogP contribution in [0.3, 0.4) is 0 Å². The Balaban J connectivity index is 2.15. The van der Waals surface area contributed by atoms with E-state index in [2.05, 4.69) is 5.16 Å². The van der Waals surface area contributed by atoms with Gasteiger partial charge in [-0.05, 0) is 44.2 Å². The van der Waals surface area contributed by atoms with Crippen molar-refractivity contribution in [3.05, 3.63) is 29.3 Å². The molecular formula is C15H23N5O2. The van der Waals surface area contributed by atoms with Crippen molar-refractivity contribution in [2.75, 3.05) is 18.7 Å². The number of anilines is 1. The number of aryl methyl sites for hydroxylation is 1. The molecule has 22 heavy (non-hydrogen) atoms. The van der Waals surface area contributed by atoms with Gasteiger partial charge in [0.1, 0.15) is 6.61 Å². The zero-order valence-electron chi connectivity index (χ0n) is 13.2. The fourth-order valence-electron chi connectivity index (χ4n) is 1.94. The second-order valence-electron chi connectivity index (χ2n) is 5.68. The molecular weight excluding hydrogens is 282 g/mol. The predicted molar refractivity (Wildman–Crippen MR) is 86.1 cm³/mol. The number of oxime groups is 1. The molecule has 1 aliphatic carbocycles. The summed E-state index contributed by atoms with van der Waals surface area (Å²) in [5.41, 5.74) is 3.04. The van der Waals surface area contributed by atoms with E-state index in [9.17, 15) is 4.79 Å². The lowest BCUT2D eigenvalue weighted by Gasteiger charge is -2.22. The van der Waals surface area contributed by atoms with E-state index in [1.807, 2.05) is 26.0 Å². The standard InChI is InChI=1S/C15H23N5O2/c1-10-4-7-13(11(2)18-22-9-12-5-6-12)8-14(10)20(17)15(21)19(3)16/h4,7-8,12H,5-6,9,16-17H2,1-3H3/b18-11+. The average molecular weight is 305 g/mol. The molecule has 0 aromatic heterocycles. The molecule has 0 atom stereocenters. The summed E-state index contributed by atoms with van der Waals surface area (Å²) in [5, 5.41) is 6.08. The van der Waals surface area contributed by atoms with Crippen molar-refractivity contribution < 1.29 is 9.63 Å². The van der Waals surface area contributed by atoms with Crippen LogP contribution in [0, 0.1) is 12.8 Å². The van der Waals surface area contributed by atoms with Gasteiger partial charge >= 0.3 is 6.03 Å². The summed E-state index contributed by atoms with van der Waals surface area (Å²) in [5.74, 6) is 11.9. The van der Waals surface area contributed by atoms with Gasteiger partial charge in [0.15, 0.2) is 0 Å². The molecule has 0 spiro atoms. The number of hydrogen-bond donors (Lipinski definition) is 2. The maximum absolute atomic E-state index is 11.9. The van der Waals surface area contributed by atoms with Crippen LogP contribution in [0.1, 0.15) is 30.9 Å². The van der Waals surface area contributed by atoms with Gasteiger partial charge in [-0.2, -0.15) is 0 Å². The number of carbonyl (C=O) groups excluding carboxylic acids is 1. The first kappa shape index (κ1) is 16.3. The number of hydrazine groups is 2. The third-order valence-electron chi connectivity index (χ3n) is 3.60. The third kappa shape index (κ3) is 3.96. The van der Waals surface area contributed by atoms with Gasteiger partial charge in [0, 0.05) is 12.6 Å². The minimum Gasteiger partial charge on any atom is -0.395 e. The summed E-state index contributed by atoms with van der Waals surface area (Å²) in [6, 6.07) is 5.10. The molecule has 0 radical (unpaired) electrons. The molecule has 1 saturated carbocycles. The second kappa shape index (κ2) is 6.76. The number of hydrogen-bond acceptors (Lipinski definition) is 5. The van der Waals surface area contributed by atoms with E-state index < -0.39 is 6.03 Å². The van der Waals surface area contributed by atoms with Gasteiger partial charge in [-0.3, -0.25) is 5.01 Å². The Bertz CT molecular complexity index is 581. The van der Waals surface area contributed by atoms with E-state index in [1.165, 1.54) is 19.9 Å². The van der Waals surface area contributed by atoms with E-state index in [-0.39, 0.29) is 0 Å². The van der Waals surface area contributed by atoms with Crippen molar-refractivity contribution in [2.24, 2.45) is 22.8 Å². The van der Waals surface area contributed by atoms with Gasteiger partial charge in [-0.25, -0.2) is 21.5 Å². The molecule has 120 valence electrons. The Hall–Kier alpha value is -2.12. The summed E-state index contributed by atoms with van der Waals surface area (Å²) < 4.78 is 0. The lowest BCUT2D eigenvalue weighted by molar-refractivity contribution is 0.134. The van der Waals surface area contributed by atoms with Crippen LogP contribution in [0.25, 0.3) is 0 Å². The lowest BCUT2D eigenvalue weighted by atomic mass is 10.1. The highest BCUT2D eigenvalue weighted by atomic mass is 16.6. The van der Waals surface area contributed by atoms with Gasteiger partial charge in [-0.1, -0.05) is 17.3 Å². The van der Waals surface area contributed by atoms with E-state index in [4.69, 9.17) is 16.5 Å². The molecule has 0 bridgehead atoms. The number of amides is 2. The minimum atomic E-state index is -0.500. The van der Waals surface area contributed by atoms with Crippen LogP contribution in [0.2, 0.25) is 0 Å². The molecule has 2 amide bonds. The summed E-state index contributed by atoms with van der Waals surface area (Å²) in [4.78, 5) is 17.2. The summed E-state index contributed by atoms with van der Waals surface area (Å²) in [7, 11) is 1.44. The van der Waals surface area contributed by atoms with Crippen molar-refractivity contribution in [1.29, 1.82) is 0 Å². The van der Waals surface area contributed by atoms with Crippen molar-refractivity contribution >= 4 is 17.4 Å². The largest absolute Gasteiger partial charge is 0.395 e. The monoisotopic (exact) mass is 305 g/mol. The number of urea groups is 1. The second-order valence-corrected chi connectivity index (χ2v) is 5.68. The Morgan fingerprint density at radius 3 is 2.68 bits per heavy atom. The number of carbonyl (C=O) groups is 1. The summed E-state index contributed by atoms with van der Waals surface area (Å²) >= 11 is 0. The molecule has 1 aromatic rings.